The molecular formula is C14H17FO5S. The molecule has 0 saturated heterocycles. The molecular weight excluding hydrogens is 299 g/mol. The molecule has 116 valence electrons. The second-order valence-electron chi connectivity index (χ2n) is 5.56. The van der Waals surface area contributed by atoms with E-state index in [0.29, 0.717) is 18.6 Å². The smallest absolute Gasteiger partial charge is 0.303 e. The third kappa shape index (κ3) is 4.17. The van der Waals surface area contributed by atoms with Crippen LogP contribution >= 0.6 is 0 Å². The van der Waals surface area contributed by atoms with Crippen LogP contribution in [0.25, 0.3) is 0 Å². The Labute approximate surface area is 122 Å². The van der Waals surface area contributed by atoms with Gasteiger partial charge in [-0.25, -0.2) is 12.8 Å². The van der Waals surface area contributed by atoms with Gasteiger partial charge in [-0.3, -0.25) is 4.79 Å². The van der Waals surface area contributed by atoms with Gasteiger partial charge in [-0.05, 0) is 24.3 Å². The highest BCUT2D eigenvalue weighted by molar-refractivity contribution is 7.90. The number of halogens is 1. The fraction of sp³-hybridized carbons (Fsp3) is 0.500. The van der Waals surface area contributed by atoms with Crippen molar-refractivity contribution in [2.45, 2.75) is 25.0 Å². The summed E-state index contributed by atoms with van der Waals surface area (Å²) in [6.07, 6.45) is 1.02. The predicted molar refractivity (Wildman–Crippen MR) is 74.4 cm³/mol. The molecule has 1 fully saturated rings. The fourth-order valence-electron chi connectivity index (χ4n) is 2.40. The molecule has 1 N–H and O–H groups in total. The third-order valence-electron chi connectivity index (χ3n) is 3.65. The van der Waals surface area contributed by atoms with Crippen LogP contribution in [0, 0.1) is 11.2 Å². The Hall–Kier alpha value is -1.63. The van der Waals surface area contributed by atoms with E-state index in [1.54, 1.807) is 0 Å². The highest BCUT2D eigenvalue weighted by atomic mass is 32.2. The molecule has 0 aliphatic heterocycles. The number of rotatable bonds is 7. The minimum atomic E-state index is -3.56. The Morgan fingerprint density at radius 1 is 1.43 bits per heavy atom. The molecule has 0 heterocycles. The molecule has 0 amide bonds. The maximum atomic E-state index is 13.8. The van der Waals surface area contributed by atoms with Gasteiger partial charge in [0, 0.05) is 11.6 Å². The van der Waals surface area contributed by atoms with Crippen LogP contribution in [0.5, 0.6) is 5.75 Å². The van der Waals surface area contributed by atoms with Crippen LogP contribution in [0.4, 0.5) is 4.39 Å². The van der Waals surface area contributed by atoms with E-state index >= 15 is 0 Å². The SMILES string of the molecule is COc1ccc(CS(=O)(=O)CC2(CC(=O)O)CC2)c(F)c1. The van der Waals surface area contributed by atoms with Crippen LogP contribution in [-0.2, 0) is 20.4 Å². The predicted octanol–water partition coefficient (Wildman–Crippen LogP) is 2.00. The summed E-state index contributed by atoms with van der Waals surface area (Å²) in [4.78, 5) is 10.8. The van der Waals surface area contributed by atoms with Crippen LogP contribution in [-0.4, -0.2) is 32.4 Å². The molecule has 0 radical (unpaired) electrons. The van der Waals surface area contributed by atoms with Crippen molar-refractivity contribution >= 4 is 15.8 Å². The lowest BCUT2D eigenvalue weighted by Crippen LogP contribution is -2.22. The van der Waals surface area contributed by atoms with Gasteiger partial charge in [0.1, 0.15) is 11.6 Å². The summed E-state index contributed by atoms with van der Waals surface area (Å²) >= 11 is 0. The van der Waals surface area contributed by atoms with Crippen molar-refractivity contribution in [2.75, 3.05) is 12.9 Å². The normalized spacial score (nSPS) is 16.5. The van der Waals surface area contributed by atoms with Crippen LogP contribution in [0.3, 0.4) is 0 Å². The van der Waals surface area contributed by atoms with Gasteiger partial charge in [0.05, 0.1) is 25.0 Å². The van der Waals surface area contributed by atoms with Crippen molar-refractivity contribution in [2.24, 2.45) is 5.41 Å². The van der Waals surface area contributed by atoms with Crippen molar-refractivity contribution in [3.63, 3.8) is 0 Å². The first-order valence-electron chi connectivity index (χ1n) is 6.50. The number of carboxylic acids is 1. The number of aliphatic carboxylic acids is 1. The minimum absolute atomic E-state index is 0.0712. The van der Waals surface area contributed by atoms with Gasteiger partial charge in [-0.2, -0.15) is 0 Å². The van der Waals surface area contributed by atoms with Gasteiger partial charge in [0.25, 0.3) is 0 Å². The van der Waals surface area contributed by atoms with Crippen molar-refractivity contribution in [3.05, 3.63) is 29.6 Å². The number of ether oxygens (including phenoxy) is 1. The molecule has 21 heavy (non-hydrogen) atoms. The Balaban J connectivity index is 2.09. The molecule has 2 rings (SSSR count). The largest absolute Gasteiger partial charge is 0.497 e. The Kier molecular flexibility index (Phi) is 4.22. The summed E-state index contributed by atoms with van der Waals surface area (Å²) in [5.41, 5.74) is -0.588. The molecule has 1 aliphatic rings. The highest BCUT2D eigenvalue weighted by Crippen LogP contribution is 2.50. The number of methoxy groups -OCH3 is 1. The van der Waals surface area contributed by atoms with E-state index < -0.39 is 32.8 Å². The molecule has 1 aliphatic carbocycles. The second-order valence-corrected chi connectivity index (χ2v) is 7.62. The first-order chi connectivity index (χ1) is 9.75. The standard InChI is InChI=1S/C14H17FO5S/c1-20-11-3-2-10(12(15)6-11)8-21(18,19)9-14(4-5-14)7-13(16)17/h2-3,6H,4-5,7-9H2,1H3,(H,16,17). The average molecular weight is 316 g/mol. The molecule has 0 unspecified atom stereocenters. The van der Waals surface area contributed by atoms with E-state index in [2.05, 4.69) is 0 Å². The zero-order valence-electron chi connectivity index (χ0n) is 11.6. The van der Waals surface area contributed by atoms with Crippen molar-refractivity contribution in [3.8, 4) is 5.75 Å². The molecule has 1 aromatic carbocycles. The number of sulfone groups is 1. The van der Waals surface area contributed by atoms with Crippen molar-refractivity contribution < 1.29 is 27.4 Å². The van der Waals surface area contributed by atoms with Gasteiger partial charge in [-0.1, -0.05) is 6.07 Å². The van der Waals surface area contributed by atoms with Crippen LogP contribution < -0.4 is 4.74 Å². The average Bonchev–Trinajstić information content (AvgIpc) is 3.08. The summed E-state index contributed by atoms with van der Waals surface area (Å²) in [7, 11) is -2.16. The first kappa shape index (κ1) is 15.8. The lowest BCUT2D eigenvalue weighted by atomic mass is 10.1. The fourth-order valence-corrected chi connectivity index (χ4v) is 4.53. The summed E-state index contributed by atoms with van der Waals surface area (Å²) < 4.78 is 43.0. The number of carbonyl (C=O) groups is 1. The van der Waals surface area contributed by atoms with Gasteiger partial charge in [-0.15, -0.1) is 0 Å². The summed E-state index contributed by atoms with van der Waals surface area (Å²) in [5.74, 6) is -1.96. The maximum absolute atomic E-state index is 13.8. The second kappa shape index (κ2) is 5.63. The van der Waals surface area contributed by atoms with Crippen LogP contribution in [0.2, 0.25) is 0 Å². The molecule has 7 heteroatoms. The minimum Gasteiger partial charge on any atom is -0.497 e. The van der Waals surface area contributed by atoms with Gasteiger partial charge in [0.15, 0.2) is 9.84 Å². The molecule has 0 spiro atoms. The summed E-state index contributed by atoms with van der Waals surface area (Å²) in [6, 6.07) is 4.01. The molecule has 1 aromatic rings. The van der Waals surface area contributed by atoms with E-state index in [0.717, 1.165) is 6.07 Å². The van der Waals surface area contributed by atoms with Gasteiger partial charge in [0.2, 0.25) is 0 Å². The van der Waals surface area contributed by atoms with Crippen LogP contribution in [0.15, 0.2) is 18.2 Å². The van der Waals surface area contributed by atoms with Crippen LogP contribution in [0.1, 0.15) is 24.8 Å². The first-order valence-corrected chi connectivity index (χ1v) is 8.32. The topological polar surface area (TPSA) is 80.7 Å². The number of benzene rings is 1. The Bertz CT molecular complexity index is 649. The van der Waals surface area contributed by atoms with Gasteiger partial charge >= 0.3 is 5.97 Å². The van der Waals surface area contributed by atoms with E-state index in [-0.39, 0.29) is 17.7 Å². The zero-order chi connectivity index (χ0) is 15.7. The number of hydrogen-bond donors (Lipinski definition) is 1. The molecule has 1 saturated carbocycles. The zero-order valence-corrected chi connectivity index (χ0v) is 12.5. The molecule has 0 aromatic heterocycles. The summed E-state index contributed by atoms with van der Waals surface area (Å²) in [5, 5.41) is 8.81. The van der Waals surface area contributed by atoms with Crippen molar-refractivity contribution in [1.82, 2.24) is 0 Å². The quantitative estimate of drug-likeness (QED) is 0.832. The molecule has 0 bridgehead atoms. The molecule has 0 atom stereocenters. The highest BCUT2D eigenvalue weighted by Gasteiger charge is 2.47. The Morgan fingerprint density at radius 2 is 2.10 bits per heavy atom. The van der Waals surface area contributed by atoms with E-state index in [9.17, 15) is 17.6 Å². The van der Waals surface area contributed by atoms with Crippen molar-refractivity contribution in [1.29, 1.82) is 0 Å². The monoisotopic (exact) mass is 316 g/mol. The lowest BCUT2D eigenvalue weighted by molar-refractivity contribution is -0.138. The summed E-state index contributed by atoms with van der Waals surface area (Å²) in [6.45, 7) is 0. The maximum Gasteiger partial charge on any atom is 0.303 e. The van der Waals surface area contributed by atoms with Gasteiger partial charge < -0.3 is 9.84 Å². The van der Waals surface area contributed by atoms with E-state index in [4.69, 9.17) is 9.84 Å². The van der Waals surface area contributed by atoms with E-state index in [1.807, 2.05) is 0 Å². The lowest BCUT2D eigenvalue weighted by Gasteiger charge is -2.13. The number of carboxylic acid groups (broad SMARTS) is 1. The number of hydrogen-bond acceptors (Lipinski definition) is 4. The van der Waals surface area contributed by atoms with E-state index in [1.165, 1.54) is 19.2 Å². The third-order valence-corrected chi connectivity index (χ3v) is 5.45. The Morgan fingerprint density at radius 3 is 2.57 bits per heavy atom. The molecule has 5 nitrogen and oxygen atoms in total.